The van der Waals surface area contributed by atoms with Crippen LogP contribution >= 0.6 is 0 Å². The number of ether oxygens (including phenoxy) is 2. The zero-order valence-corrected chi connectivity index (χ0v) is 15.9. The van der Waals surface area contributed by atoms with Gasteiger partial charge in [0.2, 0.25) is 17.7 Å². The molecule has 7 heteroatoms. The first-order chi connectivity index (χ1) is 12.7. The van der Waals surface area contributed by atoms with Crippen LogP contribution in [-0.2, 0) is 9.53 Å². The third-order valence-electron chi connectivity index (χ3n) is 5.58. The summed E-state index contributed by atoms with van der Waals surface area (Å²) in [7, 11) is 3.22. The van der Waals surface area contributed by atoms with Gasteiger partial charge in [0.05, 0.1) is 7.11 Å². The number of amides is 1. The zero-order valence-electron chi connectivity index (χ0n) is 15.9. The van der Waals surface area contributed by atoms with Crippen molar-refractivity contribution in [3.05, 3.63) is 12.3 Å². The molecule has 1 atom stereocenters. The van der Waals surface area contributed by atoms with Crippen LogP contribution in [-0.4, -0.2) is 67.3 Å². The molecule has 1 amide bonds. The first kappa shape index (κ1) is 18.9. The highest BCUT2D eigenvalue weighted by atomic mass is 16.5. The Kier molecular flexibility index (Phi) is 6.66. The van der Waals surface area contributed by atoms with E-state index in [0.29, 0.717) is 17.8 Å². The zero-order chi connectivity index (χ0) is 18.4. The molecule has 2 aliphatic rings. The van der Waals surface area contributed by atoms with Crippen molar-refractivity contribution in [3.63, 3.8) is 0 Å². The van der Waals surface area contributed by atoms with Gasteiger partial charge < -0.3 is 19.3 Å². The van der Waals surface area contributed by atoms with E-state index >= 15 is 0 Å². The predicted octanol–water partition coefficient (Wildman–Crippen LogP) is 2.12. The van der Waals surface area contributed by atoms with E-state index in [1.807, 2.05) is 0 Å². The Morgan fingerprint density at radius 1 is 1.15 bits per heavy atom. The van der Waals surface area contributed by atoms with Crippen LogP contribution in [0.5, 0.6) is 5.88 Å². The molecule has 144 valence electrons. The number of methoxy groups -OCH3 is 2. The maximum absolute atomic E-state index is 12.5. The third-order valence-corrected chi connectivity index (χ3v) is 5.58. The fourth-order valence-electron chi connectivity index (χ4n) is 4.22. The van der Waals surface area contributed by atoms with Gasteiger partial charge in [-0.15, -0.1) is 0 Å². The largest absolute Gasteiger partial charge is 0.481 e. The lowest BCUT2D eigenvalue weighted by atomic mass is 9.86. The summed E-state index contributed by atoms with van der Waals surface area (Å²) in [5.41, 5.74) is 0. The Labute approximate surface area is 155 Å². The molecule has 0 radical (unpaired) electrons. The summed E-state index contributed by atoms with van der Waals surface area (Å²) in [4.78, 5) is 25.7. The van der Waals surface area contributed by atoms with E-state index in [1.54, 1.807) is 26.5 Å². The van der Waals surface area contributed by atoms with Crippen molar-refractivity contribution in [1.29, 1.82) is 0 Å². The molecule has 1 aromatic rings. The van der Waals surface area contributed by atoms with Crippen molar-refractivity contribution < 1.29 is 14.3 Å². The lowest BCUT2D eigenvalue weighted by molar-refractivity contribution is -0.138. The molecule has 1 aromatic heterocycles. The quantitative estimate of drug-likeness (QED) is 0.799. The first-order valence-electron chi connectivity index (χ1n) is 9.63. The summed E-state index contributed by atoms with van der Waals surface area (Å²) in [6.07, 6.45) is 8.48. The summed E-state index contributed by atoms with van der Waals surface area (Å²) < 4.78 is 10.3. The number of carbonyl (C=O) groups is 1. The fourth-order valence-corrected chi connectivity index (χ4v) is 4.22. The van der Waals surface area contributed by atoms with Gasteiger partial charge in [0, 0.05) is 45.0 Å². The van der Waals surface area contributed by atoms with Gasteiger partial charge in [0.1, 0.15) is 6.61 Å². The number of aromatic nitrogens is 2. The van der Waals surface area contributed by atoms with Gasteiger partial charge in [-0.1, -0.05) is 12.8 Å². The lowest BCUT2D eigenvalue weighted by Gasteiger charge is -2.40. The molecule has 0 aliphatic carbocycles. The van der Waals surface area contributed by atoms with Crippen LogP contribution in [0.1, 0.15) is 38.5 Å². The highest BCUT2D eigenvalue weighted by Crippen LogP contribution is 2.31. The standard InChI is InChI=1S/C19H30N4O3/c1-25-14-18(24)23-11-5-3-4-6-16(23)15-8-12-22(13-9-15)19-20-10-7-17(21-19)26-2/h7,10,15-16H,3-6,8-9,11-14H2,1-2H3. The molecule has 0 bridgehead atoms. The Balaban J connectivity index is 1.64. The maximum Gasteiger partial charge on any atom is 0.248 e. The topological polar surface area (TPSA) is 67.8 Å². The smallest absolute Gasteiger partial charge is 0.248 e. The van der Waals surface area contributed by atoms with Crippen molar-refractivity contribution in [2.45, 2.75) is 44.6 Å². The minimum atomic E-state index is 0.137. The molecule has 0 spiro atoms. The molecule has 2 fully saturated rings. The average Bonchev–Trinajstić information content (AvgIpc) is 2.94. The van der Waals surface area contributed by atoms with Crippen molar-refractivity contribution in [2.24, 2.45) is 5.92 Å². The molecule has 2 aliphatic heterocycles. The van der Waals surface area contributed by atoms with Gasteiger partial charge in [-0.2, -0.15) is 4.98 Å². The number of nitrogens with zero attached hydrogens (tertiary/aromatic N) is 4. The lowest BCUT2D eigenvalue weighted by Crippen LogP contribution is -2.49. The minimum absolute atomic E-state index is 0.137. The highest BCUT2D eigenvalue weighted by Gasteiger charge is 2.34. The van der Waals surface area contributed by atoms with Crippen molar-refractivity contribution >= 4 is 11.9 Å². The number of hydrogen-bond donors (Lipinski definition) is 0. The molecule has 1 unspecified atom stereocenters. The molecule has 26 heavy (non-hydrogen) atoms. The Morgan fingerprint density at radius 2 is 1.96 bits per heavy atom. The second kappa shape index (κ2) is 9.16. The summed E-state index contributed by atoms with van der Waals surface area (Å²) in [6.45, 7) is 2.89. The Hall–Kier alpha value is -1.89. The molecule has 7 nitrogen and oxygen atoms in total. The van der Waals surface area contributed by atoms with E-state index in [0.717, 1.165) is 51.3 Å². The van der Waals surface area contributed by atoms with E-state index in [9.17, 15) is 4.79 Å². The van der Waals surface area contributed by atoms with E-state index in [-0.39, 0.29) is 12.5 Å². The highest BCUT2D eigenvalue weighted by molar-refractivity contribution is 5.77. The van der Waals surface area contributed by atoms with Gasteiger partial charge in [0.15, 0.2) is 0 Å². The van der Waals surface area contributed by atoms with Crippen LogP contribution in [0.4, 0.5) is 5.95 Å². The van der Waals surface area contributed by atoms with Crippen molar-refractivity contribution in [1.82, 2.24) is 14.9 Å². The Morgan fingerprint density at radius 3 is 2.69 bits per heavy atom. The number of carbonyl (C=O) groups excluding carboxylic acids is 1. The number of piperidine rings is 1. The van der Waals surface area contributed by atoms with E-state index in [1.165, 1.54) is 12.8 Å². The fraction of sp³-hybridized carbons (Fsp3) is 0.737. The van der Waals surface area contributed by atoms with Crippen molar-refractivity contribution in [2.75, 3.05) is 45.4 Å². The normalized spacial score (nSPS) is 22.2. The van der Waals surface area contributed by atoms with Gasteiger partial charge in [-0.3, -0.25) is 4.79 Å². The first-order valence-corrected chi connectivity index (χ1v) is 9.63. The monoisotopic (exact) mass is 362 g/mol. The molecule has 3 heterocycles. The van der Waals surface area contributed by atoms with Gasteiger partial charge in [-0.05, 0) is 31.6 Å². The van der Waals surface area contributed by atoms with Gasteiger partial charge in [0.25, 0.3) is 0 Å². The number of likely N-dealkylation sites (tertiary alicyclic amines) is 1. The second-order valence-electron chi connectivity index (χ2n) is 7.16. The predicted molar refractivity (Wildman–Crippen MR) is 99.4 cm³/mol. The molecule has 0 aromatic carbocycles. The summed E-state index contributed by atoms with van der Waals surface area (Å²) in [5.74, 6) is 2.00. The van der Waals surface area contributed by atoms with Crippen LogP contribution < -0.4 is 9.64 Å². The summed E-state index contributed by atoms with van der Waals surface area (Å²) in [5, 5.41) is 0. The molecule has 0 N–H and O–H groups in total. The molecule has 2 saturated heterocycles. The molecular formula is C19H30N4O3. The molecule has 0 saturated carbocycles. The van der Waals surface area contributed by atoms with Crippen LogP contribution in [0.25, 0.3) is 0 Å². The maximum atomic E-state index is 12.5. The van der Waals surface area contributed by atoms with Crippen molar-refractivity contribution in [3.8, 4) is 5.88 Å². The van der Waals surface area contributed by atoms with E-state index < -0.39 is 0 Å². The number of rotatable bonds is 5. The molecule has 3 rings (SSSR count). The van der Waals surface area contributed by atoms with Gasteiger partial charge in [-0.25, -0.2) is 4.98 Å². The Bertz CT molecular complexity index is 590. The SMILES string of the molecule is COCC(=O)N1CCCCCC1C1CCN(c2nccc(OC)n2)CC1. The van der Waals surface area contributed by atoms with Crippen LogP contribution in [0.3, 0.4) is 0 Å². The number of anilines is 1. The minimum Gasteiger partial charge on any atom is -0.481 e. The number of hydrogen-bond acceptors (Lipinski definition) is 6. The van der Waals surface area contributed by atoms with E-state index in [2.05, 4.69) is 19.8 Å². The second-order valence-corrected chi connectivity index (χ2v) is 7.16. The van der Waals surface area contributed by atoms with Gasteiger partial charge >= 0.3 is 0 Å². The van der Waals surface area contributed by atoms with E-state index in [4.69, 9.17) is 9.47 Å². The van der Waals surface area contributed by atoms with Crippen LogP contribution in [0.2, 0.25) is 0 Å². The summed E-state index contributed by atoms with van der Waals surface area (Å²) >= 11 is 0. The average molecular weight is 362 g/mol. The van der Waals surface area contributed by atoms with Crippen LogP contribution in [0, 0.1) is 5.92 Å². The summed E-state index contributed by atoms with van der Waals surface area (Å²) in [6, 6.07) is 2.11. The van der Waals surface area contributed by atoms with Crippen LogP contribution in [0.15, 0.2) is 12.3 Å². The molecular weight excluding hydrogens is 332 g/mol. The third kappa shape index (κ3) is 4.44.